The highest BCUT2D eigenvalue weighted by molar-refractivity contribution is 8.01. The minimum atomic E-state index is 0.598. The second-order valence-electron chi connectivity index (χ2n) is 6.45. The smallest absolute Gasteiger partial charge is 0.226 e. The Labute approximate surface area is 177 Å². The molecule has 0 saturated carbocycles. The highest BCUT2D eigenvalue weighted by atomic mass is 32.2. The first-order valence-corrected chi connectivity index (χ1v) is 11.0. The van der Waals surface area contributed by atoms with Gasteiger partial charge in [-0.1, -0.05) is 40.4 Å². The van der Waals surface area contributed by atoms with Gasteiger partial charge in [0.15, 0.2) is 4.34 Å². The van der Waals surface area contributed by atoms with E-state index in [0.29, 0.717) is 11.7 Å². The summed E-state index contributed by atoms with van der Waals surface area (Å²) in [6.07, 6.45) is 5.08. The maximum Gasteiger partial charge on any atom is 0.226 e. The molecule has 0 atom stereocenters. The lowest BCUT2D eigenvalue weighted by Gasteiger charge is -2.08. The third kappa shape index (κ3) is 4.99. The number of anilines is 2. The average molecular weight is 425 g/mol. The van der Waals surface area contributed by atoms with Gasteiger partial charge in [-0.3, -0.25) is 4.98 Å². The second-order valence-corrected chi connectivity index (χ2v) is 8.76. The van der Waals surface area contributed by atoms with Crippen LogP contribution in [0.2, 0.25) is 0 Å². The molecule has 148 valence electrons. The number of pyridine rings is 1. The van der Waals surface area contributed by atoms with E-state index in [1.165, 1.54) is 11.1 Å². The Hall–Kier alpha value is -2.78. The summed E-state index contributed by atoms with van der Waals surface area (Å²) < 4.78 is 6.28. The molecule has 9 heteroatoms. The summed E-state index contributed by atoms with van der Waals surface area (Å²) >= 11 is 3.25. The molecule has 3 heterocycles. The zero-order chi connectivity index (χ0) is 20.1. The Balaban J connectivity index is 1.25. The Morgan fingerprint density at radius 2 is 1.97 bits per heavy atom. The Morgan fingerprint density at radius 3 is 2.83 bits per heavy atom. The molecule has 4 rings (SSSR count). The van der Waals surface area contributed by atoms with E-state index in [0.717, 1.165) is 39.3 Å². The molecule has 0 amide bonds. The molecule has 0 aliphatic carbocycles. The minimum absolute atomic E-state index is 0.598. The molecule has 0 spiro atoms. The predicted molar refractivity (Wildman–Crippen MR) is 116 cm³/mol. The number of rotatable bonds is 8. The maximum absolute atomic E-state index is 5.34. The predicted octanol–water partition coefficient (Wildman–Crippen LogP) is 5.07. The fourth-order valence-corrected chi connectivity index (χ4v) is 4.45. The molecule has 0 unspecified atom stereocenters. The van der Waals surface area contributed by atoms with Gasteiger partial charge in [-0.15, -0.1) is 10.2 Å². The molecule has 0 bridgehead atoms. The third-order valence-electron chi connectivity index (χ3n) is 4.42. The Kier molecular flexibility index (Phi) is 6.16. The fourth-order valence-electron chi connectivity index (χ4n) is 2.68. The van der Waals surface area contributed by atoms with Crippen molar-refractivity contribution in [2.45, 2.75) is 31.0 Å². The van der Waals surface area contributed by atoms with Gasteiger partial charge in [0.05, 0.1) is 0 Å². The summed E-state index contributed by atoms with van der Waals surface area (Å²) in [6, 6.07) is 9.93. The van der Waals surface area contributed by atoms with E-state index in [-0.39, 0.29) is 0 Å². The van der Waals surface area contributed by atoms with Crippen LogP contribution in [0.4, 0.5) is 10.8 Å². The number of thioether (sulfide) groups is 1. The van der Waals surface area contributed by atoms with E-state index in [9.17, 15) is 0 Å². The molecule has 1 aromatic carbocycles. The van der Waals surface area contributed by atoms with Crippen molar-refractivity contribution in [3.63, 3.8) is 0 Å². The van der Waals surface area contributed by atoms with Gasteiger partial charge in [-0.25, -0.2) is 0 Å². The standard InChI is InChI=1S/C20H20N6OS2/c1-13-5-3-6-16(14(13)2)22-19-24-25-20(29-19)28-12-4-7-17-23-18(26-27-17)15-8-10-21-11-9-15/h3,5-6,8-11H,4,7,12H2,1-2H3,(H,22,24). The maximum atomic E-state index is 5.34. The van der Waals surface area contributed by atoms with Crippen molar-refractivity contribution in [1.82, 2.24) is 25.3 Å². The Morgan fingerprint density at radius 1 is 1.10 bits per heavy atom. The second kappa shape index (κ2) is 9.15. The zero-order valence-electron chi connectivity index (χ0n) is 16.1. The van der Waals surface area contributed by atoms with Gasteiger partial charge >= 0.3 is 0 Å². The van der Waals surface area contributed by atoms with Gasteiger partial charge in [-0.05, 0) is 49.6 Å². The van der Waals surface area contributed by atoms with E-state index in [4.69, 9.17) is 4.52 Å². The van der Waals surface area contributed by atoms with Gasteiger partial charge in [-0.2, -0.15) is 4.98 Å². The van der Waals surface area contributed by atoms with Gasteiger partial charge in [0.2, 0.25) is 16.8 Å². The minimum Gasteiger partial charge on any atom is -0.339 e. The number of benzene rings is 1. The van der Waals surface area contributed by atoms with E-state index in [2.05, 4.69) is 56.6 Å². The van der Waals surface area contributed by atoms with Crippen LogP contribution in [0.3, 0.4) is 0 Å². The number of aryl methyl sites for hydroxylation is 2. The first-order chi connectivity index (χ1) is 14.2. The number of nitrogens with one attached hydrogen (secondary N) is 1. The molecular weight excluding hydrogens is 404 g/mol. The highest BCUT2D eigenvalue weighted by Gasteiger charge is 2.10. The number of hydrogen-bond acceptors (Lipinski definition) is 9. The van der Waals surface area contributed by atoms with Crippen LogP contribution in [-0.2, 0) is 6.42 Å². The van der Waals surface area contributed by atoms with Crippen LogP contribution in [0.5, 0.6) is 0 Å². The van der Waals surface area contributed by atoms with E-state index >= 15 is 0 Å². The molecule has 7 nitrogen and oxygen atoms in total. The van der Waals surface area contributed by atoms with Crippen LogP contribution in [0.15, 0.2) is 51.6 Å². The van der Waals surface area contributed by atoms with E-state index in [1.54, 1.807) is 35.5 Å². The summed E-state index contributed by atoms with van der Waals surface area (Å²) in [5, 5.41) is 16.7. The molecular formula is C20H20N6OS2. The summed E-state index contributed by atoms with van der Waals surface area (Å²) in [7, 11) is 0. The lowest BCUT2D eigenvalue weighted by molar-refractivity contribution is 0.378. The van der Waals surface area contributed by atoms with E-state index in [1.807, 2.05) is 18.2 Å². The first kappa shape index (κ1) is 19.5. The Bertz CT molecular complexity index is 1080. The normalized spacial score (nSPS) is 11.0. The molecule has 1 N–H and O–H groups in total. The number of hydrogen-bond donors (Lipinski definition) is 1. The molecule has 0 aliphatic rings. The van der Waals surface area contributed by atoms with Crippen molar-refractivity contribution in [2.24, 2.45) is 0 Å². The quantitative estimate of drug-likeness (QED) is 0.310. The number of aromatic nitrogens is 5. The van der Waals surface area contributed by atoms with Gasteiger partial charge < -0.3 is 9.84 Å². The molecule has 4 aromatic rings. The van der Waals surface area contributed by atoms with Gasteiger partial charge in [0.25, 0.3) is 0 Å². The monoisotopic (exact) mass is 424 g/mol. The van der Waals surface area contributed by atoms with Crippen LogP contribution in [-0.4, -0.2) is 31.1 Å². The average Bonchev–Trinajstić information content (AvgIpc) is 3.39. The van der Waals surface area contributed by atoms with Crippen LogP contribution < -0.4 is 5.32 Å². The lowest BCUT2D eigenvalue weighted by atomic mass is 10.1. The van der Waals surface area contributed by atoms with Crippen LogP contribution >= 0.6 is 23.1 Å². The van der Waals surface area contributed by atoms with Crippen LogP contribution in [0.1, 0.15) is 23.4 Å². The SMILES string of the molecule is Cc1cccc(Nc2nnc(SCCCc3nc(-c4ccncc4)no3)s2)c1C. The van der Waals surface area contributed by atoms with Crippen LogP contribution in [0, 0.1) is 13.8 Å². The molecule has 0 fully saturated rings. The van der Waals surface area contributed by atoms with E-state index < -0.39 is 0 Å². The summed E-state index contributed by atoms with van der Waals surface area (Å²) in [6.45, 7) is 4.21. The van der Waals surface area contributed by atoms with Crippen molar-refractivity contribution in [3.05, 3.63) is 59.7 Å². The third-order valence-corrected chi connectivity index (χ3v) is 6.48. The fraction of sp³-hybridized carbons (Fsp3) is 0.250. The molecule has 3 aromatic heterocycles. The lowest BCUT2D eigenvalue weighted by Crippen LogP contribution is -1.94. The van der Waals surface area contributed by atoms with Crippen molar-refractivity contribution in [3.8, 4) is 11.4 Å². The molecule has 0 saturated heterocycles. The zero-order valence-corrected chi connectivity index (χ0v) is 17.8. The van der Waals surface area contributed by atoms with Crippen molar-refractivity contribution in [2.75, 3.05) is 11.1 Å². The summed E-state index contributed by atoms with van der Waals surface area (Å²) in [4.78, 5) is 8.44. The first-order valence-electron chi connectivity index (χ1n) is 9.21. The topological polar surface area (TPSA) is 89.6 Å². The number of nitrogens with zero attached hydrogens (tertiary/aromatic N) is 5. The highest BCUT2D eigenvalue weighted by Crippen LogP contribution is 2.30. The van der Waals surface area contributed by atoms with Gasteiger partial charge in [0, 0.05) is 35.8 Å². The molecule has 29 heavy (non-hydrogen) atoms. The van der Waals surface area contributed by atoms with Gasteiger partial charge in [0.1, 0.15) is 0 Å². The van der Waals surface area contributed by atoms with Crippen molar-refractivity contribution >= 4 is 33.9 Å². The largest absolute Gasteiger partial charge is 0.339 e. The molecule has 0 aliphatic heterocycles. The van der Waals surface area contributed by atoms with Crippen LogP contribution in [0.25, 0.3) is 11.4 Å². The van der Waals surface area contributed by atoms with Crippen molar-refractivity contribution in [1.29, 1.82) is 0 Å². The summed E-state index contributed by atoms with van der Waals surface area (Å²) in [5.74, 6) is 2.15. The molecule has 0 radical (unpaired) electrons. The summed E-state index contributed by atoms with van der Waals surface area (Å²) in [5.41, 5.74) is 4.45. The van der Waals surface area contributed by atoms with Crippen molar-refractivity contribution < 1.29 is 4.52 Å².